The topological polar surface area (TPSA) is 63.2 Å². The first-order valence-corrected chi connectivity index (χ1v) is 11.5. The fourth-order valence-corrected chi connectivity index (χ4v) is 5.17. The summed E-state index contributed by atoms with van der Waals surface area (Å²) in [6.45, 7) is 5.36. The number of hydrogen-bond donors (Lipinski definition) is 0. The van der Waals surface area contributed by atoms with Gasteiger partial charge in [-0.25, -0.2) is 4.98 Å². The molecule has 5 nitrogen and oxygen atoms in total. The van der Waals surface area contributed by atoms with Gasteiger partial charge in [-0.15, -0.1) is 11.3 Å². The van der Waals surface area contributed by atoms with Gasteiger partial charge in [0, 0.05) is 43.1 Å². The number of aryl methyl sites for hydroxylation is 1. The highest BCUT2D eigenvalue weighted by Crippen LogP contribution is 2.36. The Morgan fingerprint density at radius 3 is 2.83 bits per heavy atom. The summed E-state index contributed by atoms with van der Waals surface area (Å²) in [6, 6.07) is 2.11. The molecule has 1 aliphatic heterocycles. The molecule has 1 fully saturated rings. The van der Waals surface area contributed by atoms with Crippen LogP contribution in [-0.4, -0.2) is 39.6 Å². The third kappa shape index (κ3) is 3.65. The lowest BCUT2D eigenvalue weighted by molar-refractivity contribution is -0.119. The number of pyridine rings is 1. The van der Waals surface area contributed by atoms with E-state index in [9.17, 15) is 9.59 Å². The summed E-state index contributed by atoms with van der Waals surface area (Å²) < 4.78 is 0. The Bertz CT molecular complexity index is 1090. The van der Waals surface area contributed by atoms with Gasteiger partial charge in [0.25, 0.3) is 5.91 Å². The second-order valence-corrected chi connectivity index (χ2v) is 9.79. The molecular formula is C24H25N3O2S. The minimum absolute atomic E-state index is 0.0540. The molecule has 1 unspecified atom stereocenters. The SMILES string of the molecule is Cc1ncc(C(=O)N2CC=C(c3cc(CC(=O)C4CC4)nc4c3C=CC4)C(C)C2)s1. The van der Waals surface area contributed by atoms with Gasteiger partial charge in [-0.05, 0) is 42.9 Å². The van der Waals surface area contributed by atoms with E-state index in [4.69, 9.17) is 4.98 Å². The highest BCUT2D eigenvalue weighted by Gasteiger charge is 2.31. The van der Waals surface area contributed by atoms with E-state index in [-0.39, 0.29) is 17.7 Å². The van der Waals surface area contributed by atoms with Crippen molar-refractivity contribution >= 4 is 34.7 Å². The summed E-state index contributed by atoms with van der Waals surface area (Å²) in [4.78, 5) is 36.8. The first-order chi connectivity index (χ1) is 14.5. The summed E-state index contributed by atoms with van der Waals surface area (Å²) in [5, 5.41) is 0.909. The van der Waals surface area contributed by atoms with Crippen molar-refractivity contribution in [2.45, 2.75) is 39.5 Å². The number of Topliss-reactive ketones (excluding diaryl/α,β-unsaturated/α-hetero) is 1. The van der Waals surface area contributed by atoms with E-state index in [0.29, 0.717) is 30.2 Å². The number of hydrogen-bond acceptors (Lipinski definition) is 5. The van der Waals surface area contributed by atoms with Crippen LogP contribution in [0, 0.1) is 18.8 Å². The van der Waals surface area contributed by atoms with Crippen molar-refractivity contribution in [3.05, 3.63) is 56.8 Å². The predicted molar refractivity (Wildman–Crippen MR) is 118 cm³/mol. The molecule has 0 spiro atoms. The molecule has 2 aliphatic carbocycles. The zero-order valence-electron chi connectivity index (χ0n) is 17.4. The number of ketones is 1. The summed E-state index contributed by atoms with van der Waals surface area (Å²) in [5.74, 6) is 0.841. The number of aromatic nitrogens is 2. The van der Waals surface area contributed by atoms with Crippen molar-refractivity contribution in [3.63, 3.8) is 0 Å². The summed E-state index contributed by atoms with van der Waals surface area (Å²) in [5.41, 5.74) is 5.56. The zero-order valence-corrected chi connectivity index (χ0v) is 18.2. The highest BCUT2D eigenvalue weighted by molar-refractivity contribution is 7.13. The van der Waals surface area contributed by atoms with Gasteiger partial charge in [-0.1, -0.05) is 25.2 Å². The van der Waals surface area contributed by atoms with E-state index in [2.05, 4.69) is 36.2 Å². The lowest BCUT2D eigenvalue weighted by Gasteiger charge is -2.32. The van der Waals surface area contributed by atoms with Crippen molar-refractivity contribution in [2.75, 3.05) is 13.1 Å². The number of fused-ring (bicyclic) bond motifs is 1. The molecule has 5 rings (SSSR count). The van der Waals surface area contributed by atoms with Crippen LogP contribution < -0.4 is 0 Å². The van der Waals surface area contributed by atoms with Crippen molar-refractivity contribution < 1.29 is 9.59 Å². The fraction of sp³-hybridized carbons (Fsp3) is 0.417. The van der Waals surface area contributed by atoms with Crippen LogP contribution >= 0.6 is 11.3 Å². The average Bonchev–Trinajstić information content (AvgIpc) is 3.33. The molecule has 1 atom stereocenters. The van der Waals surface area contributed by atoms with Gasteiger partial charge in [0.05, 0.1) is 16.9 Å². The molecule has 6 heteroatoms. The van der Waals surface area contributed by atoms with Crippen LogP contribution in [0.3, 0.4) is 0 Å². The molecule has 3 heterocycles. The normalized spacial score (nSPS) is 20.3. The Balaban J connectivity index is 1.42. The molecule has 1 amide bonds. The summed E-state index contributed by atoms with van der Waals surface area (Å²) >= 11 is 1.45. The predicted octanol–water partition coefficient (Wildman–Crippen LogP) is 4.11. The quantitative estimate of drug-likeness (QED) is 0.732. The van der Waals surface area contributed by atoms with Gasteiger partial charge in [0.2, 0.25) is 0 Å². The molecule has 30 heavy (non-hydrogen) atoms. The molecule has 0 saturated heterocycles. The van der Waals surface area contributed by atoms with Gasteiger partial charge in [0.1, 0.15) is 10.7 Å². The monoisotopic (exact) mass is 419 g/mol. The van der Waals surface area contributed by atoms with Gasteiger partial charge < -0.3 is 4.90 Å². The van der Waals surface area contributed by atoms with E-state index in [1.165, 1.54) is 28.0 Å². The second kappa shape index (κ2) is 7.58. The molecular weight excluding hydrogens is 394 g/mol. The Morgan fingerprint density at radius 2 is 2.13 bits per heavy atom. The van der Waals surface area contributed by atoms with E-state index in [1.807, 2.05) is 11.8 Å². The molecule has 0 bridgehead atoms. The third-order valence-corrected chi connectivity index (χ3v) is 7.06. The Hall–Kier alpha value is -2.60. The van der Waals surface area contributed by atoms with Crippen LogP contribution in [0.1, 0.15) is 57.0 Å². The smallest absolute Gasteiger partial charge is 0.265 e. The second-order valence-electron chi connectivity index (χ2n) is 8.56. The summed E-state index contributed by atoms with van der Waals surface area (Å²) in [6.07, 6.45) is 11.5. The maximum atomic E-state index is 12.8. The molecule has 154 valence electrons. The Labute approximate surface area is 180 Å². The van der Waals surface area contributed by atoms with Crippen LogP contribution in [0.5, 0.6) is 0 Å². The molecule has 3 aliphatic rings. The number of amides is 1. The minimum atomic E-state index is 0.0540. The van der Waals surface area contributed by atoms with E-state index >= 15 is 0 Å². The fourth-order valence-electron chi connectivity index (χ4n) is 4.42. The van der Waals surface area contributed by atoms with E-state index in [0.717, 1.165) is 35.7 Å². The molecule has 1 saturated carbocycles. The standard InChI is InChI=1S/C24H25N3O2S/c1-14-13-27(24(29)23-12-25-15(2)30-23)9-8-18(14)20-10-17(11-22(28)16-6-7-16)26-21-5-3-4-19(20)21/h3-4,8,10,12,14,16H,5-7,9,11,13H2,1-2H3. The Kier molecular flexibility index (Phi) is 4.89. The molecule has 2 aromatic rings. The van der Waals surface area contributed by atoms with Crippen LogP contribution in [0.15, 0.2) is 24.4 Å². The zero-order chi connectivity index (χ0) is 20.8. The largest absolute Gasteiger partial charge is 0.334 e. The number of carbonyl (C=O) groups is 2. The lowest BCUT2D eigenvalue weighted by atomic mass is 9.87. The third-order valence-electron chi connectivity index (χ3n) is 6.16. The number of carbonyl (C=O) groups excluding carboxylic acids is 2. The van der Waals surface area contributed by atoms with Gasteiger partial charge in [-0.2, -0.15) is 0 Å². The number of allylic oxidation sites excluding steroid dienone is 1. The molecule has 0 N–H and O–H groups in total. The van der Waals surface area contributed by atoms with E-state index in [1.54, 1.807) is 6.20 Å². The Morgan fingerprint density at radius 1 is 1.30 bits per heavy atom. The summed E-state index contributed by atoms with van der Waals surface area (Å²) in [7, 11) is 0. The van der Waals surface area contributed by atoms with Gasteiger partial charge in [0.15, 0.2) is 0 Å². The van der Waals surface area contributed by atoms with Crippen molar-refractivity contribution in [1.29, 1.82) is 0 Å². The van der Waals surface area contributed by atoms with Crippen molar-refractivity contribution in [3.8, 4) is 0 Å². The highest BCUT2D eigenvalue weighted by atomic mass is 32.1. The number of nitrogens with zero attached hydrogens (tertiary/aromatic N) is 3. The number of thiazole rings is 1. The van der Waals surface area contributed by atoms with Gasteiger partial charge >= 0.3 is 0 Å². The van der Waals surface area contributed by atoms with Crippen molar-refractivity contribution in [2.24, 2.45) is 11.8 Å². The molecule has 0 aromatic carbocycles. The van der Waals surface area contributed by atoms with Crippen LogP contribution in [0.25, 0.3) is 11.6 Å². The van der Waals surface area contributed by atoms with Crippen LogP contribution in [0.2, 0.25) is 0 Å². The first-order valence-electron chi connectivity index (χ1n) is 10.6. The van der Waals surface area contributed by atoms with Gasteiger partial charge in [-0.3, -0.25) is 14.6 Å². The molecule has 2 aromatic heterocycles. The molecule has 0 radical (unpaired) electrons. The van der Waals surface area contributed by atoms with Crippen molar-refractivity contribution in [1.82, 2.24) is 14.9 Å². The number of rotatable bonds is 5. The maximum Gasteiger partial charge on any atom is 0.265 e. The van der Waals surface area contributed by atoms with Crippen LogP contribution in [-0.2, 0) is 17.6 Å². The van der Waals surface area contributed by atoms with Crippen LogP contribution in [0.4, 0.5) is 0 Å². The lowest BCUT2D eigenvalue weighted by Crippen LogP contribution is -2.38. The minimum Gasteiger partial charge on any atom is -0.334 e. The van der Waals surface area contributed by atoms with E-state index < -0.39 is 0 Å². The first kappa shape index (κ1) is 19.4. The average molecular weight is 420 g/mol. The maximum absolute atomic E-state index is 12.8.